The molecule has 8 nitrogen and oxygen atoms in total. The van der Waals surface area contributed by atoms with Gasteiger partial charge < -0.3 is 14.4 Å². The van der Waals surface area contributed by atoms with Crippen molar-refractivity contribution in [3.05, 3.63) is 64.6 Å². The number of carbonyl (C=O) groups is 3. The van der Waals surface area contributed by atoms with Gasteiger partial charge in [0, 0.05) is 38.5 Å². The van der Waals surface area contributed by atoms with Gasteiger partial charge in [-0.3, -0.25) is 24.6 Å². The number of piperidine rings is 1. The van der Waals surface area contributed by atoms with Crippen molar-refractivity contribution < 1.29 is 29.3 Å². The number of imide groups is 1. The SMILES string of the molecule is [2H]c1cc(C([2H])N2CCOCC2)c([2H])c([2H])c1COc1cccc2c1CN(C1CCC(=O)NC1=O)C2=O. The van der Waals surface area contributed by atoms with Crippen LogP contribution in [0, 0.1) is 0 Å². The molecule has 172 valence electrons. The lowest BCUT2D eigenvalue weighted by Gasteiger charge is -2.29. The van der Waals surface area contributed by atoms with Crippen LogP contribution in [-0.2, 0) is 34.0 Å². The van der Waals surface area contributed by atoms with Gasteiger partial charge in [-0.2, -0.15) is 0 Å². The number of ether oxygens (including phenoxy) is 2. The number of benzene rings is 2. The average molecular weight is 454 g/mol. The van der Waals surface area contributed by atoms with Crippen LogP contribution in [0.3, 0.4) is 0 Å². The van der Waals surface area contributed by atoms with Crippen LogP contribution >= 0.6 is 0 Å². The predicted octanol–water partition coefficient (Wildman–Crippen LogP) is 1.86. The highest BCUT2D eigenvalue weighted by Crippen LogP contribution is 2.34. The Labute approximate surface area is 198 Å². The Morgan fingerprint density at radius 2 is 1.94 bits per heavy atom. The molecule has 0 spiro atoms. The van der Waals surface area contributed by atoms with Crippen molar-refractivity contribution in [3.8, 4) is 5.75 Å². The molecule has 2 saturated heterocycles. The third kappa shape index (κ3) is 4.62. The maximum Gasteiger partial charge on any atom is 0.255 e. The third-order valence-electron chi connectivity index (χ3n) is 6.04. The molecule has 8 heteroatoms. The fourth-order valence-electron chi connectivity index (χ4n) is 4.28. The molecule has 0 bridgehead atoms. The second kappa shape index (κ2) is 9.33. The number of nitrogens with zero attached hydrogens (tertiary/aromatic N) is 2. The normalized spacial score (nSPS) is 23.8. The summed E-state index contributed by atoms with van der Waals surface area (Å²) in [6.07, 6.45) is 0.416. The molecule has 2 aromatic carbocycles. The van der Waals surface area contributed by atoms with E-state index in [1.54, 1.807) is 18.2 Å². The van der Waals surface area contributed by atoms with Gasteiger partial charge in [-0.1, -0.05) is 30.3 Å². The summed E-state index contributed by atoms with van der Waals surface area (Å²) in [7, 11) is 0. The lowest BCUT2D eigenvalue weighted by molar-refractivity contribution is -0.136. The van der Waals surface area contributed by atoms with E-state index < -0.39 is 18.5 Å². The fraction of sp³-hybridized carbons (Fsp3) is 0.400. The molecule has 3 heterocycles. The zero-order chi connectivity index (χ0) is 26.3. The number of fused-ring (bicyclic) bond motifs is 1. The van der Waals surface area contributed by atoms with Crippen LogP contribution in [0.5, 0.6) is 5.75 Å². The van der Waals surface area contributed by atoms with Gasteiger partial charge in [-0.25, -0.2) is 0 Å². The molecule has 5 rings (SSSR count). The van der Waals surface area contributed by atoms with Crippen LogP contribution < -0.4 is 10.1 Å². The Morgan fingerprint density at radius 3 is 2.76 bits per heavy atom. The lowest BCUT2D eigenvalue weighted by Crippen LogP contribution is -2.52. The molecule has 3 aliphatic heterocycles. The molecule has 0 saturated carbocycles. The topological polar surface area (TPSA) is 88.2 Å². The van der Waals surface area contributed by atoms with Gasteiger partial charge >= 0.3 is 0 Å². The summed E-state index contributed by atoms with van der Waals surface area (Å²) in [6, 6.07) is 5.44. The van der Waals surface area contributed by atoms with Crippen molar-refractivity contribution in [2.75, 3.05) is 26.3 Å². The summed E-state index contributed by atoms with van der Waals surface area (Å²) >= 11 is 0. The van der Waals surface area contributed by atoms with E-state index in [-0.39, 0.29) is 61.5 Å². The van der Waals surface area contributed by atoms with E-state index in [0.717, 1.165) is 0 Å². The third-order valence-corrected chi connectivity index (χ3v) is 6.04. The van der Waals surface area contributed by atoms with E-state index >= 15 is 0 Å². The Morgan fingerprint density at radius 1 is 1.12 bits per heavy atom. The van der Waals surface area contributed by atoms with Crippen LogP contribution in [0.2, 0.25) is 0 Å². The maximum atomic E-state index is 13.0. The van der Waals surface area contributed by atoms with Gasteiger partial charge in [0.25, 0.3) is 5.91 Å². The van der Waals surface area contributed by atoms with Crippen LogP contribution in [0.25, 0.3) is 0 Å². The van der Waals surface area contributed by atoms with E-state index in [0.29, 0.717) is 48.7 Å². The minimum Gasteiger partial charge on any atom is -0.489 e. The molecule has 2 atom stereocenters. The molecule has 3 amide bonds. The van der Waals surface area contributed by atoms with Crippen LogP contribution in [0.1, 0.15) is 45.4 Å². The first-order valence-electron chi connectivity index (χ1n) is 13.1. The summed E-state index contributed by atoms with van der Waals surface area (Å²) in [4.78, 5) is 40.1. The van der Waals surface area contributed by atoms with Crippen LogP contribution in [-0.4, -0.2) is 59.9 Å². The number of carbonyl (C=O) groups excluding carboxylic acids is 3. The highest BCUT2D eigenvalue weighted by Gasteiger charge is 2.40. The molecule has 2 unspecified atom stereocenters. The van der Waals surface area contributed by atoms with Crippen molar-refractivity contribution in [1.82, 2.24) is 15.1 Å². The van der Waals surface area contributed by atoms with E-state index in [1.807, 2.05) is 4.90 Å². The van der Waals surface area contributed by atoms with Gasteiger partial charge in [0.2, 0.25) is 11.8 Å². The average Bonchev–Trinajstić information content (AvgIpc) is 3.23. The van der Waals surface area contributed by atoms with E-state index in [2.05, 4.69) is 5.32 Å². The second-order valence-electron chi connectivity index (χ2n) is 8.22. The Kier molecular flexibility index (Phi) is 4.88. The first-order chi connectivity index (χ1) is 17.8. The lowest BCUT2D eigenvalue weighted by atomic mass is 10.0. The highest BCUT2D eigenvalue weighted by atomic mass is 16.5. The summed E-state index contributed by atoms with van der Waals surface area (Å²) < 4.78 is 45.3. The number of morpholine rings is 1. The minimum atomic E-state index is -0.860. The van der Waals surface area contributed by atoms with Crippen molar-refractivity contribution in [2.45, 2.75) is 38.6 Å². The first-order valence-corrected chi connectivity index (χ1v) is 11.0. The monoisotopic (exact) mass is 453 g/mol. The Bertz CT molecular complexity index is 1270. The van der Waals surface area contributed by atoms with Crippen molar-refractivity contribution in [3.63, 3.8) is 0 Å². The smallest absolute Gasteiger partial charge is 0.255 e. The molecule has 0 aromatic heterocycles. The van der Waals surface area contributed by atoms with Gasteiger partial charge in [-0.05, 0) is 29.7 Å². The summed E-state index contributed by atoms with van der Waals surface area (Å²) in [5.74, 6) is -0.778. The number of rotatable bonds is 6. The molecule has 33 heavy (non-hydrogen) atoms. The number of amides is 3. The molecule has 0 aliphatic carbocycles. The van der Waals surface area contributed by atoms with E-state index in [4.69, 9.17) is 15.0 Å². The summed E-state index contributed by atoms with van der Waals surface area (Å²) in [6.45, 7) is 1.22. The van der Waals surface area contributed by atoms with Gasteiger partial charge in [0.05, 0.1) is 23.9 Å². The molecule has 3 aliphatic rings. The summed E-state index contributed by atoms with van der Waals surface area (Å²) in [5.41, 5.74) is 1.51. The van der Waals surface area contributed by atoms with Crippen molar-refractivity contribution >= 4 is 17.7 Å². The standard InChI is InChI=1S/C25H27N3O5/c29-23-9-8-21(24(30)26-23)28-15-20-19(25(28)31)2-1-3-22(20)33-16-18-6-4-17(5-7-18)14-27-10-12-32-13-11-27/h1-7,21H,8-16H2,(H,26,29,30)/i4D,6D,7D,14D. The highest BCUT2D eigenvalue weighted by molar-refractivity contribution is 6.05. The number of hydrogen-bond acceptors (Lipinski definition) is 6. The van der Waals surface area contributed by atoms with Crippen molar-refractivity contribution in [2.24, 2.45) is 0 Å². The summed E-state index contributed by atoms with van der Waals surface area (Å²) in [5, 5.41) is 2.28. The van der Waals surface area contributed by atoms with Gasteiger partial charge in [0.15, 0.2) is 0 Å². The molecular weight excluding hydrogens is 422 g/mol. The number of nitrogens with one attached hydrogen (secondary N) is 1. The quantitative estimate of drug-likeness (QED) is 0.672. The fourth-order valence-corrected chi connectivity index (χ4v) is 4.28. The van der Waals surface area contributed by atoms with Crippen LogP contribution in [0.4, 0.5) is 0 Å². The molecular formula is C25H27N3O5. The zero-order valence-electron chi connectivity index (χ0n) is 22.1. The van der Waals surface area contributed by atoms with Crippen LogP contribution in [0.15, 0.2) is 42.4 Å². The number of hydrogen-bond donors (Lipinski definition) is 1. The zero-order valence-corrected chi connectivity index (χ0v) is 18.1. The minimum absolute atomic E-state index is 0.00957. The molecule has 2 aromatic rings. The first kappa shape index (κ1) is 17.3. The molecule has 1 N–H and O–H groups in total. The van der Waals surface area contributed by atoms with Crippen molar-refractivity contribution in [1.29, 1.82) is 0 Å². The van der Waals surface area contributed by atoms with Gasteiger partial charge in [-0.15, -0.1) is 0 Å². The largest absolute Gasteiger partial charge is 0.489 e. The molecule has 2 fully saturated rings. The van der Waals surface area contributed by atoms with Gasteiger partial charge in [0.1, 0.15) is 18.4 Å². The predicted molar refractivity (Wildman–Crippen MR) is 119 cm³/mol. The second-order valence-corrected chi connectivity index (χ2v) is 8.22. The molecule has 0 radical (unpaired) electrons. The Hall–Kier alpha value is -3.23. The van der Waals surface area contributed by atoms with E-state index in [1.165, 1.54) is 11.0 Å². The van der Waals surface area contributed by atoms with E-state index in [9.17, 15) is 14.4 Å². The Balaban J connectivity index is 1.34. The maximum absolute atomic E-state index is 13.0.